The van der Waals surface area contributed by atoms with Gasteiger partial charge in [-0.05, 0) is 66.9 Å². The van der Waals surface area contributed by atoms with Gasteiger partial charge in [0, 0.05) is 18.3 Å². The van der Waals surface area contributed by atoms with Crippen molar-refractivity contribution < 1.29 is 4.74 Å². The van der Waals surface area contributed by atoms with Crippen LogP contribution in [0.1, 0.15) is 16.7 Å². The van der Waals surface area contributed by atoms with E-state index >= 15 is 0 Å². The second-order valence-electron chi connectivity index (χ2n) is 6.66. The number of halogens is 1. The molecular formula is C22H20ClN3O. The van der Waals surface area contributed by atoms with E-state index in [4.69, 9.17) is 21.3 Å². The Balaban J connectivity index is 1.87. The van der Waals surface area contributed by atoms with E-state index in [1.54, 1.807) is 19.4 Å². The van der Waals surface area contributed by atoms with Crippen LogP contribution in [0.5, 0.6) is 5.75 Å². The standard InChI is InChI=1S/C22H20ClN3O/c1-14-10-19-20(11-15(14)2)26(13-16-4-7-18(27-3)8-5-16)22(25-19)17-6-9-21(23)24-12-17/h4-12H,13H2,1-3H3. The molecule has 0 fully saturated rings. The molecular weight excluding hydrogens is 358 g/mol. The predicted molar refractivity (Wildman–Crippen MR) is 110 cm³/mol. The predicted octanol–water partition coefficient (Wildman–Crippen LogP) is 5.43. The fourth-order valence-corrected chi connectivity index (χ4v) is 3.29. The molecule has 4 nitrogen and oxygen atoms in total. The summed E-state index contributed by atoms with van der Waals surface area (Å²) in [5.41, 5.74) is 6.70. The molecule has 4 rings (SSSR count). The number of fused-ring (bicyclic) bond motifs is 1. The summed E-state index contributed by atoms with van der Waals surface area (Å²) in [4.78, 5) is 9.13. The van der Waals surface area contributed by atoms with E-state index in [1.807, 2.05) is 18.2 Å². The monoisotopic (exact) mass is 377 g/mol. The molecule has 5 heteroatoms. The van der Waals surface area contributed by atoms with Gasteiger partial charge in [-0.25, -0.2) is 9.97 Å². The molecule has 0 aliphatic carbocycles. The zero-order valence-corrected chi connectivity index (χ0v) is 16.3. The van der Waals surface area contributed by atoms with Crippen LogP contribution in [0.3, 0.4) is 0 Å². The van der Waals surface area contributed by atoms with Crippen LogP contribution in [0.25, 0.3) is 22.4 Å². The van der Waals surface area contributed by atoms with Gasteiger partial charge in [-0.15, -0.1) is 0 Å². The van der Waals surface area contributed by atoms with Gasteiger partial charge in [-0.3, -0.25) is 0 Å². The van der Waals surface area contributed by atoms with E-state index in [-0.39, 0.29) is 0 Å². The number of aromatic nitrogens is 3. The number of rotatable bonds is 4. The summed E-state index contributed by atoms with van der Waals surface area (Å²) in [7, 11) is 1.68. The molecule has 0 saturated carbocycles. The van der Waals surface area contributed by atoms with Gasteiger partial charge in [-0.2, -0.15) is 0 Å². The Morgan fingerprint density at radius 3 is 2.41 bits per heavy atom. The zero-order chi connectivity index (χ0) is 19.0. The third-order valence-corrected chi connectivity index (χ3v) is 5.07. The lowest BCUT2D eigenvalue weighted by Gasteiger charge is -2.11. The number of hydrogen-bond donors (Lipinski definition) is 0. The summed E-state index contributed by atoms with van der Waals surface area (Å²) in [6, 6.07) is 16.2. The molecule has 0 atom stereocenters. The molecule has 4 aromatic rings. The van der Waals surface area contributed by atoms with Crippen molar-refractivity contribution in [1.82, 2.24) is 14.5 Å². The van der Waals surface area contributed by atoms with E-state index in [1.165, 1.54) is 16.7 Å². The number of ether oxygens (including phenoxy) is 1. The Bertz CT molecular complexity index is 1100. The Morgan fingerprint density at radius 1 is 1.00 bits per heavy atom. The Morgan fingerprint density at radius 2 is 1.74 bits per heavy atom. The second-order valence-corrected chi connectivity index (χ2v) is 7.05. The van der Waals surface area contributed by atoms with Crippen LogP contribution >= 0.6 is 11.6 Å². The van der Waals surface area contributed by atoms with Crippen molar-refractivity contribution >= 4 is 22.6 Å². The summed E-state index contributed by atoms with van der Waals surface area (Å²) < 4.78 is 7.50. The molecule has 2 aromatic heterocycles. The normalized spacial score (nSPS) is 11.1. The van der Waals surface area contributed by atoms with E-state index < -0.39 is 0 Å². The average molecular weight is 378 g/mol. The van der Waals surface area contributed by atoms with Gasteiger partial charge in [-0.1, -0.05) is 23.7 Å². The van der Waals surface area contributed by atoms with Gasteiger partial charge in [0.05, 0.1) is 18.1 Å². The minimum atomic E-state index is 0.475. The molecule has 0 radical (unpaired) electrons. The number of nitrogens with zero attached hydrogens (tertiary/aromatic N) is 3. The van der Waals surface area contributed by atoms with Gasteiger partial charge in [0.25, 0.3) is 0 Å². The first-order chi connectivity index (χ1) is 13.0. The molecule has 2 heterocycles. The highest BCUT2D eigenvalue weighted by molar-refractivity contribution is 6.29. The third kappa shape index (κ3) is 3.40. The van der Waals surface area contributed by atoms with Crippen molar-refractivity contribution in [2.75, 3.05) is 7.11 Å². The quantitative estimate of drug-likeness (QED) is 0.445. The number of aryl methyl sites for hydroxylation is 2. The Kier molecular flexibility index (Phi) is 4.58. The topological polar surface area (TPSA) is 39.9 Å². The van der Waals surface area contributed by atoms with Crippen molar-refractivity contribution in [3.05, 3.63) is 76.6 Å². The van der Waals surface area contributed by atoms with Crippen LogP contribution in [0.15, 0.2) is 54.7 Å². The highest BCUT2D eigenvalue weighted by Crippen LogP contribution is 2.28. The van der Waals surface area contributed by atoms with Crippen LogP contribution in [0, 0.1) is 13.8 Å². The summed E-state index contributed by atoms with van der Waals surface area (Å²) >= 11 is 5.97. The number of methoxy groups -OCH3 is 1. The molecule has 2 aromatic carbocycles. The smallest absolute Gasteiger partial charge is 0.143 e. The van der Waals surface area contributed by atoms with E-state index in [0.717, 1.165) is 28.2 Å². The Labute approximate surface area is 163 Å². The van der Waals surface area contributed by atoms with Gasteiger partial charge < -0.3 is 9.30 Å². The van der Waals surface area contributed by atoms with Crippen molar-refractivity contribution in [2.24, 2.45) is 0 Å². The van der Waals surface area contributed by atoms with Crippen molar-refractivity contribution in [3.8, 4) is 17.1 Å². The van der Waals surface area contributed by atoms with Crippen molar-refractivity contribution in [3.63, 3.8) is 0 Å². The van der Waals surface area contributed by atoms with E-state index in [9.17, 15) is 0 Å². The lowest BCUT2D eigenvalue weighted by molar-refractivity contribution is 0.414. The molecule has 0 aliphatic rings. The SMILES string of the molecule is COc1ccc(Cn2c(-c3ccc(Cl)nc3)nc3cc(C)c(C)cc32)cc1. The first-order valence-electron chi connectivity index (χ1n) is 8.77. The number of pyridine rings is 1. The van der Waals surface area contributed by atoms with Gasteiger partial charge in [0.2, 0.25) is 0 Å². The molecule has 136 valence electrons. The fraction of sp³-hybridized carbons (Fsp3) is 0.182. The molecule has 0 N–H and O–H groups in total. The largest absolute Gasteiger partial charge is 0.497 e. The zero-order valence-electron chi connectivity index (χ0n) is 15.5. The maximum Gasteiger partial charge on any atom is 0.143 e. The number of imidazole rings is 1. The fourth-order valence-electron chi connectivity index (χ4n) is 3.18. The van der Waals surface area contributed by atoms with Gasteiger partial charge >= 0.3 is 0 Å². The van der Waals surface area contributed by atoms with Crippen molar-refractivity contribution in [1.29, 1.82) is 0 Å². The Hall–Kier alpha value is -2.85. The maximum atomic E-state index is 5.97. The second kappa shape index (κ2) is 7.05. The third-order valence-electron chi connectivity index (χ3n) is 4.85. The van der Waals surface area contributed by atoms with Gasteiger partial charge in [0.1, 0.15) is 16.7 Å². The van der Waals surface area contributed by atoms with Crippen LogP contribution in [0.4, 0.5) is 0 Å². The molecule has 27 heavy (non-hydrogen) atoms. The lowest BCUT2D eigenvalue weighted by atomic mass is 10.1. The molecule has 0 aliphatic heterocycles. The number of hydrogen-bond acceptors (Lipinski definition) is 3. The summed E-state index contributed by atoms with van der Waals surface area (Å²) in [5.74, 6) is 1.73. The highest BCUT2D eigenvalue weighted by Gasteiger charge is 2.15. The minimum absolute atomic E-state index is 0.475. The lowest BCUT2D eigenvalue weighted by Crippen LogP contribution is -2.03. The van der Waals surface area contributed by atoms with Crippen LogP contribution in [-0.4, -0.2) is 21.6 Å². The van der Waals surface area contributed by atoms with Gasteiger partial charge in [0.15, 0.2) is 0 Å². The summed E-state index contributed by atoms with van der Waals surface area (Å²) in [6.07, 6.45) is 1.77. The van der Waals surface area contributed by atoms with E-state index in [0.29, 0.717) is 11.7 Å². The summed E-state index contributed by atoms with van der Waals surface area (Å²) in [6.45, 7) is 4.95. The first kappa shape index (κ1) is 17.6. The highest BCUT2D eigenvalue weighted by atomic mass is 35.5. The minimum Gasteiger partial charge on any atom is -0.497 e. The molecule has 0 spiro atoms. The van der Waals surface area contributed by atoms with Crippen molar-refractivity contribution in [2.45, 2.75) is 20.4 Å². The molecule has 0 bridgehead atoms. The summed E-state index contributed by atoms with van der Waals surface area (Å²) in [5, 5.41) is 0.475. The van der Waals surface area contributed by atoms with Crippen LogP contribution in [-0.2, 0) is 6.54 Å². The van der Waals surface area contributed by atoms with Crippen LogP contribution < -0.4 is 4.74 Å². The van der Waals surface area contributed by atoms with Crippen LogP contribution in [0.2, 0.25) is 5.15 Å². The molecule has 0 saturated heterocycles. The first-order valence-corrected chi connectivity index (χ1v) is 9.15. The number of benzene rings is 2. The average Bonchev–Trinajstić information content (AvgIpc) is 3.01. The van der Waals surface area contributed by atoms with E-state index in [2.05, 4.69) is 47.7 Å². The maximum absolute atomic E-state index is 5.97. The molecule has 0 amide bonds. The molecule has 0 unspecified atom stereocenters.